The van der Waals surface area contributed by atoms with E-state index >= 15 is 0 Å². The van der Waals surface area contributed by atoms with Gasteiger partial charge in [0.15, 0.2) is 5.76 Å². The molecule has 0 saturated heterocycles. The Morgan fingerprint density at radius 2 is 1.96 bits per heavy atom. The van der Waals surface area contributed by atoms with E-state index in [1.54, 1.807) is 49.4 Å². The smallest absolute Gasteiger partial charge is 0.287 e. The number of hydrogen-bond donors (Lipinski definition) is 1. The van der Waals surface area contributed by atoms with Crippen LogP contribution in [-0.2, 0) is 11.4 Å². The SMILES string of the molecule is C=CCN(CC=C)C(=O)C(C)NC(=O)c1ccc(COc2cccc(Cl)c2)o1. The highest BCUT2D eigenvalue weighted by Gasteiger charge is 2.22. The van der Waals surface area contributed by atoms with E-state index in [2.05, 4.69) is 18.5 Å². The maximum atomic E-state index is 12.4. The van der Waals surface area contributed by atoms with E-state index < -0.39 is 11.9 Å². The molecule has 28 heavy (non-hydrogen) atoms. The maximum absolute atomic E-state index is 12.4. The number of nitrogens with zero attached hydrogens (tertiary/aromatic N) is 1. The summed E-state index contributed by atoms with van der Waals surface area (Å²) >= 11 is 5.91. The van der Waals surface area contributed by atoms with Gasteiger partial charge in [0.05, 0.1) is 0 Å². The fraction of sp³-hybridized carbons (Fsp3) is 0.238. The molecule has 1 aromatic heterocycles. The molecule has 0 aliphatic heterocycles. The van der Waals surface area contributed by atoms with E-state index in [4.69, 9.17) is 20.8 Å². The number of carbonyl (C=O) groups excluding carboxylic acids is 2. The summed E-state index contributed by atoms with van der Waals surface area (Å²) in [6.45, 7) is 9.77. The van der Waals surface area contributed by atoms with Gasteiger partial charge in [-0.1, -0.05) is 29.8 Å². The van der Waals surface area contributed by atoms with Crippen LogP contribution in [0.5, 0.6) is 5.75 Å². The van der Waals surface area contributed by atoms with E-state index in [1.807, 2.05) is 0 Å². The summed E-state index contributed by atoms with van der Waals surface area (Å²) in [7, 11) is 0. The lowest BCUT2D eigenvalue weighted by atomic mass is 10.2. The molecule has 1 heterocycles. The van der Waals surface area contributed by atoms with Gasteiger partial charge in [0.25, 0.3) is 5.91 Å². The molecule has 6 nitrogen and oxygen atoms in total. The number of halogens is 1. The van der Waals surface area contributed by atoms with Gasteiger partial charge in [0, 0.05) is 18.1 Å². The van der Waals surface area contributed by atoms with Crippen LogP contribution in [-0.4, -0.2) is 35.8 Å². The fourth-order valence-corrected chi connectivity index (χ4v) is 2.64. The second-order valence-corrected chi connectivity index (χ2v) is 6.46. The summed E-state index contributed by atoms with van der Waals surface area (Å²) in [5.74, 6) is 0.460. The van der Waals surface area contributed by atoms with Crippen molar-refractivity contribution in [1.29, 1.82) is 0 Å². The number of furan rings is 1. The van der Waals surface area contributed by atoms with Crippen molar-refractivity contribution < 1.29 is 18.7 Å². The molecule has 0 fully saturated rings. The standard InChI is InChI=1S/C21H23ClN2O4/c1-4-11-24(12-5-2)21(26)15(3)23-20(25)19-10-9-18(28-19)14-27-17-8-6-7-16(22)13-17/h4-10,13,15H,1-2,11-12,14H2,3H3,(H,23,25). The Kier molecular flexibility index (Phi) is 7.89. The number of hydrogen-bond acceptors (Lipinski definition) is 4. The van der Waals surface area contributed by atoms with Crippen molar-refractivity contribution in [2.24, 2.45) is 0 Å². The Bertz CT molecular complexity index is 836. The second kappa shape index (κ2) is 10.4. The van der Waals surface area contributed by atoms with Gasteiger partial charge in [-0.2, -0.15) is 0 Å². The molecule has 2 rings (SSSR count). The van der Waals surface area contributed by atoms with Crippen LogP contribution >= 0.6 is 11.6 Å². The first-order valence-corrected chi connectivity index (χ1v) is 9.11. The first-order valence-electron chi connectivity index (χ1n) is 8.73. The third kappa shape index (κ3) is 6.03. The number of amides is 2. The van der Waals surface area contributed by atoms with Crippen molar-refractivity contribution in [2.75, 3.05) is 13.1 Å². The molecule has 1 unspecified atom stereocenters. The minimum absolute atomic E-state index is 0.100. The van der Waals surface area contributed by atoms with Gasteiger partial charge < -0.3 is 19.4 Å². The molecule has 0 aliphatic rings. The number of ether oxygens (including phenoxy) is 1. The van der Waals surface area contributed by atoms with Gasteiger partial charge in [-0.25, -0.2) is 0 Å². The number of rotatable bonds is 10. The van der Waals surface area contributed by atoms with Crippen LogP contribution in [0.25, 0.3) is 0 Å². The van der Waals surface area contributed by atoms with Gasteiger partial charge in [-0.05, 0) is 37.3 Å². The summed E-state index contributed by atoms with van der Waals surface area (Å²) in [5.41, 5.74) is 0. The van der Waals surface area contributed by atoms with Crippen molar-refractivity contribution in [2.45, 2.75) is 19.6 Å². The molecule has 148 valence electrons. The first kappa shape index (κ1) is 21.3. The average molecular weight is 403 g/mol. The van der Waals surface area contributed by atoms with E-state index in [0.29, 0.717) is 29.6 Å². The summed E-state index contributed by atoms with van der Waals surface area (Å²) < 4.78 is 11.1. The van der Waals surface area contributed by atoms with Crippen molar-refractivity contribution in [3.8, 4) is 5.75 Å². The van der Waals surface area contributed by atoms with Gasteiger partial charge >= 0.3 is 0 Å². The maximum Gasteiger partial charge on any atom is 0.287 e. The van der Waals surface area contributed by atoms with Crippen LogP contribution < -0.4 is 10.1 Å². The molecule has 0 saturated carbocycles. The molecule has 2 aromatic rings. The molecule has 1 N–H and O–H groups in total. The highest BCUT2D eigenvalue weighted by molar-refractivity contribution is 6.30. The highest BCUT2D eigenvalue weighted by atomic mass is 35.5. The van der Waals surface area contributed by atoms with Gasteiger partial charge in [-0.15, -0.1) is 13.2 Å². The third-order valence-corrected chi connectivity index (χ3v) is 4.03. The Morgan fingerprint density at radius 3 is 2.61 bits per heavy atom. The van der Waals surface area contributed by atoms with Gasteiger partial charge in [-0.3, -0.25) is 9.59 Å². The predicted molar refractivity (Wildman–Crippen MR) is 108 cm³/mol. The molecule has 0 aliphatic carbocycles. The molecule has 0 radical (unpaired) electrons. The number of nitrogens with one attached hydrogen (secondary N) is 1. The number of carbonyl (C=O) groups is 2. The monoisotopic (exact) mass is 402 g/mol. The van der Waals surface area contributed by atoms with Crippen molar-refractivity contribution in [3.63, 3.8) is 0 Å². The van der Waals surface area contributed by atoms with Crippen LogP contribution in [0, 0.1) is 0 Å². The second-order valence-electron chi connectivity index (χ2n) is 6.03. The molecule has 1 atom stereocenters. The average Bonchev–Trinajstić information content (AvgIpc) is 3.15. The normalized spacial score (nSPS) is 11.4. The first-order chi connectivity index (χ1) is 13.4. The molecule has 0 bridgehead atoms. The molecule has 7 heteroatoms. The minimum atomic E-state index is -0.719. The highest BCUT2D eigenvalue weighted by Crippen LogP contribution is 2.19. The fourth-order valence-electron chi connectivity index (χ4n) is 2.46. The predicted octanol–water partition coefficient (Wildman–Crippen LogP) is 3.83. The zero-order valence-electron chi connectivity index (χ0n) is 15.7. The Hall–Kier alpha value is -2.99. The van der Waals surface area contributed by atoms with E-state index in [0.717, 1.165) is 0 Å². The lowest BCUT2D eigenvalue weighted by Gasteiger charge is -2.23. The van der Waals surface area contributed by atoms with E-state index in [1.165, 1.54) is 11.0 Å². The summed E-state index contributed by atoms with van der Waals surface area (Å²) in [4.78, 5) is 26.3. The van der Waals surface area contributed by atoms with Gasteiger partial charge in [0.2, 0.25) is 5.91 Å². The summed E-state index contributed by atoms with van der Waals surface area (Å²) in [6, 6.07) is 9.44. The van der Waals surface area contributed by atoms with Crippen LogP contribution in [0.3, 0.4) is 0 Å². The van der Waals surface area contributed by atoms with Crippen LogP contribution in [0.15, 0.2) is 66.1 Å². The van der Waals surface area contributed by atoms with Crippen molar-refractivity contribution >= 4 is 23.4 Å². The van der Waals surface area contributed by atoms with Crippen LogP contribution in [0.1, 0.15) is 23.2 Å². The third-order valence-electron chi connectivity index (χ3n) is 3.79. The molecular weight excluding hydrogens is 380 g/mol. The van der Waals surface area contributed by atoms with E-state index in [-0.39, 0.29) is 18.3 Å². The lowest BCUT2D eigenvalue weighted by molar-refractivity contribution is -0.131. The Balaban J connectivity index is 1.92. The Morgan fingerprint density at radius 1 is 1.25 bits per heavy atom. The lowest BCUT2D eigenvalue weighted by Crippen LogP contribution is -2.47. The summed E-state index contributed by atoms with van der Waals surface area (Å²) in [6.07, 6.45) is 3.24. The minimum Gasteiger partial charge on any atom is -0.486 e. The molecule has 1 aromatic carbocycles. The quantitative estimate of drug-likeness (QED) is 0.613. The topological polar surface area (TPSA) is 71.8 Å². The molecule has 0 spiro atoms. The molecular formula is C21H23ClN2O4. The zero-order chi connectivity index (χ0) is 20.5. The van der Waals surface area contributed by atoms with Gasteiger partial charge in [0.1, 0.15) is 24.2 Å². The summed E-state index contributed by atoms with van der Waals surface area (Å²) in [5, 5.41) is 3.20. The largest absolute Gasteiger partial charge is 0.486 e. The molecule has 2 amide bonds. The zero-order valence-corrected chi connectivity index (χ0v) is 16.4. The van der Waals surface area contributed by atoms with Crippen molar-refractivity contribution in [1.82, 2.24) is 10.2 Å². The van der Waals surface area contributed by atoms with Crippen molar-refractivity contribution in [3.05, 3.63) is 78.3 Å². The van der Waals surface area contributed by atoms with Crippen LogP contribution in [0.4, 0.5) is 0 Å². The van der Waals surface area contributed by atoms with Crippen LogP contribution in [0.2, 0.25) is 5.02 Å². The number of benzene rings is 1. The Labute approximate surface area is 169 Å². The van der Waals surface area contributed by atoms with E-state index in [9.17, 15) is 9.59 Å².